The molecule has 176 valence electrons. The Labute approximate surface area is 203 Å². The van der Waals surface area contributed by atoms with Crippen LogP contribution in [-0.4, -0.2) is 65.3 Å². The number of piperazine rings is 1. The van der Waals surface area contributed by atoms with Crippen LogP contribution in [0.5, 0.6) is 0 Å². The summed E-state index contributed by atoms with van der Waals surface area (Å²) in [7, 11) is 0. The third-order valence-electron chi connectivity index (χ3n) is 6.65. The normalized spacial score (nSPS) is 17.2. The van der Waals surface area contributed by atoms with E-state index in [1.165, 1.54) is 6.07 Å². The molecule has 7 nitrogen and oxygen atoms in total. The summed E-state index contributed by atoms with van der Waals surface area (Å²) in [6, 6.07) is 12.6. The minimum atomic E-state index is -0.416. The van der Waals surface area contributed by atoms with E-state index >= 15 is 0 Å². The molecule has 1 aromatic carbocycles. The van der Waals surface area contributed by atoms with Crippen LogP contribution >= 0.6 is 11.6 Å². The Morgan fingerprint density at radius 3 is 2.26 bits per heavy atom. The average molecular weight is 481 g/mol. The van der Waals surface area contributed by atoms with Crippen molar-refractivity contribution in [2.24, 2.45) is 5.92 Å². The van der Waals surface area contributed by atoms with Gasteiger partial charge < -0.3 is 14.7 Å². The van der Waals surface area contributed by atoms with Gasteiger partial charge in [0.2, 0.25) is 5.91 Å². The fraction of sp³-hybridized carbons (Fsp3) is 0.360. The molecule has 0 bridgehead atoms. The van der Waals surface area contributed by atoms with E-state index < -0.39 is 5.82 Å². The van der Waals surface area contributed by atoms with Gasteiger partial charge in [0.15, 0.2) is 5.82 Å². The molecule has 1 amide bonds. The average Bonchev–Trinajstić information content (AvgIpc) is 2.91. The topological polar surface area (TPSA) is 65.5 Å². The van der Waals surface area contributed by atoms with Gasteiger partial charge in [-0.25, -0.2) is 4.39 Å². The number of halogens is 2. The van der Waals surface area contributed by atoms with Gasteiger partial charge in [-0.3, -0.25) is 9.78 Å². The lowest BCUT2D eigenvalue weighted by Crippen LogP contribution is -2.51. The zero-order chi connectivity index (χ0) is 23.5. The summed E-state index contributed by atoms with van der Waals surface area (Å²) in [4.78, 5) is 23.5. The molecule has 9 heteroatoms. The SMILES string of the molecule is O=C(C1CCN(c2ccc(-c3ccncc3)nn2)CC1)N1CCN(c2ccc(F)c(Cl)c2)CC1. The summed E-state index contributed by atoms with van der Waals surface area (Å²) < 4.78 is 13.4. The van der Waals surface area contributed by atoms with Crippen molar-refractivity contribution >= 4 is 29.0 Å². The molecule has 5 rings (SSSR count). The molecular weight excluding hydrogens is 455 g/mol. The Kier molecular flexibility index (Phi) is 6.58. The number of pyridine rings is 1. The lowest BCUT2D eigenvalue weighted by atomic mass is 9.95. The van der Waals surface area contributed by atoms with Crippen LogP contribution in [0.4, 0.5) is 15.9 Å². The second kappa shape index (κ2) is 9.93. The first kappa shape index (κ1) is 22.5. The van der Waals surface area contributed by atoms with Crippen LogP contribution in [0.3, 0.4) is 0 Å². The number of nitrogens with zero attached hydrogens (tertiary/aromatic N) is 6. The molecule has 2 fully saturated rings. The standard InChI is InChI=1S/C25H26ClFN6O/c26-21-17-20(1-2-22(21)27)31-13-15-33(16-14-31)25(34)19-7-11-32(12-8-19)24-4-3-23(29-30-24)18-5-9-28-10-6-18/h1-6,9-10,17,19H,7-8,11-16H2. The number of piperidine rings is 1. The fourth-order valence-corrected chi connectivity index (χ4v) is 4.83. The maximum absolute atomic E-state index is 13.4. The first-order valence-electron chi connectivity index (χ1n) is 11.6. The van der Waals surface area contributed by atoms with Crippen molar-refractivity contribution in [3.8, 4) is 11.3 Å². The van der Waals surface area contributed by atoms with E-state index in [0.29, 0.717) is 26.2 Å². The number of rotatable bonds is 4. The second-order valence-corrected chi connectivity index (χ2v) is 9.09. The van der Waals surface area contributed by atoms with E-state index in [9.17, 15) is 9.18 Å². The molecule has 3 aromatic rings. The quantitative estimate of drug-likeness (QED) is 0.564. The van der Waals surface area contributed by atoms with E-state index in [1.807, 2.05) is 29.2 Å². The molecule has 2 aliphatic rings. The van der Waals surface area contributed by atoms with Crippen molar-refractivity contribution in [2.45, 2.75) is 12.8 Å². The number of benzene rings is 1. The zero-order valence-corrected chi connectivity index (χ0v) is 19.5. The van der Waals surface area contributed by atoms with Gasteiger partial charge in [-0.15, -0.1) is 10.2 Å². The second-order valence-electron chi connectivity index (χ2n) is 8.68. The van der Waals surface area contributed by atoms with Crippen molar-refractivity contribution in [1.82, 2.24) is 20.1 Å². The van der Waals surface area contributed by atoms with Gasteiger partial charge in [-0.05, 0) is 55.3 Å². The first-order valence-corrected chi connectivity index (χ1v) is 11.9. The van der Waals surface area contributed by atoms with Gasteiger partial charge in [0.25, 0.3) is 0 Å². The molecule has 2 aromatic heterocycles. The Morgan fingerprint density at radius 1 is 0.882 bits per heavy atom. The Hall–Kier alpha value is -3.26. The summed E-state index contributed by atoms with van der Waals surface area (Å²) in [5.41, 5.74) is 2.70. The zero-order valence-electron chi connectivity index (χ0n) is 18.8. The number of carbonyl (C=O) groups is 1. The highest BCUT2D eigenvalue weighted by molar-refractivity contribution is 6.31. The third-order valence-corrected chi connectivity index (χ3v) is 6.94. The van der Waals surface area contributed by atoms with E-state index in [4.69, 9.17) is 11.6 Å². The summed E-state index contributed by atoms with van der Waals surface area (Å²) in [5.74, 6) is 0.694. The van der Waals surface area contributed by atoms with Gasteiger partial charge in [0.1, 0.15) is 5.82 Å². The van der Waals surface area contributed by atoms with Crippen LogP contribution in [0.1, 0.15) is 12.8 Å². The van der Waals surface area contributed by atoms with E-state index in [-0.39, 0.29) is 16.8 Å². The smallest absolute Gasteiger partial charge is 0.225 e. The molecule has 2 aliphatic heterocycles. The number of anilines is 2. The lowest BCUT2D eigenvalue weighted by molar-refractivity contribution is -0.136. The number of amides is 1. The lowest BCUT2D eigenvalue weighted by Gasteiger charge is -2.39. The maximum atomic E-state index is 13.4. The molecule has 0 unspecified atom stereocenters. The van der Waals surface area contributed by atoms with Crippen molar-refractivity contribution in [3.63, 3.8) is 0 Å². The fourth-order valence-electron chi connectivity index (χ4n) is 4.65. The van der Waals surface area contributed by atoms with Crippen molar-refractivity contribution in [2.75, 3.05) is 49.1 Å². The molecule has 34 heavy (non-hydrogen) atoms. The molecule has 0 radical (unpaired) electrons. The maximum Gasteiger partial charge on any atom is 0.225 e. The molecule has 0 aliphatic carbocycles. The monoisotopic (exact) mass is 480 g/mol. The van der Waals surface area contributed by atoms with Gasteiger partial charge in [-0.1, -0.05) is 11.6 Å². The van der Waals surface area contributed by atoms with Crippen LogP contribution in [-0.2, 0) is 4.79 Å². The molecule has 0 spiro atoms. The van der Waals surface area contributed by atoms with E-state index in [2.05, 4.69) is 25.0 Å². The number of carbonyl (C=O) groups excluding carboxylic acids is 1. The van der Waals surface area contributed by atoms with Crippen LogP contribution in [0.25, 0.3) is 11.3 Å². The Morgan fingerprint density at radius 2 is 1.62 bits per heavy atom. The number of hydrogen-bond donors (Lipinski definition) is 0. The minimum absolute atomic E-state index is 0.0344. The summed E-state index contributed by atoms with van der Waals surface area (Å²) in [6.07, 6.45) is 5.09. The summed E-state index contributed by atoms with van der Waals surface area (Å²) >= 11 is 5.92. The third kappa shape index (κ3) is 4.82. The predicted octanol–water partition coefficient (Wildman–Crippen LogP) is 3.90. The van der Waals surface area contributed by atoms with Gasteiger partial charge in [0, 0.05) is 68.8 Å². The van der Waals surface area contributed by atoms with Crippen LogP contribution in [0.15, 0.2) is 54.9 Å². The van der Waals surface area contributed by atoms with Crippen LogP contribution in [0, 0.1) is 11.7 Å². The summed E-state index contributed by atoms with van der Waals surface area (Å²) in [6.45, 7) is 4.32. The van der Waals surface area contributed by atoms with Crippen molar-refractivity contribution in [1.29, 1.82) is 0 Å². The van der Waals surface area contributed by atoms with Crippen molar-refractivity contribution < 1.29 is 9.18 Å². The van der Waals surface area contributed by atoms with Crippen molar-refractivity contribution in [3.05, 3.63) is 65.7 Å². The molecule has 2 saturated heterocycles. The van der Waals surface area contributed by atoms with Crippen LogP contribution < -0.4 is 9.80 Å². The van der Waals surface area contributed by atoms with Gasteiger partial charge in [-0.2, -0.15) is 0 Å². The highest BCUT2D eigenvalue weighted by Gasteiger charge is 2.31. The van der Waals surface area contributed by atoms with Crippen LogP contribution in [0.2, 0.25) is 5.02 Å². The summed E-state index contributed by atoms with van der Waals surface area (Å²) in [5, 5.41) is 8.90. The van der Waals surface area contributed by atoms with Gasteiger partial charge >= 0.3 is 0 Å². The van der Waals surface area contributed by atoms with E-state index in [0.717, 1.165) is 48.7 Å². The van der Waals surface area contributed by atoms with E-state index in [1.54, 1.807) is 24.5 Å². The number of hydrogen-bond acceptors (Lipinski definition) is 6. The minimum Gasteiger partial charge on any atom is -0.368 e. The molecule has 0 N–H and O–H groups in total. The Bertz CT molecular complexity index is 1130. The molecule has 4 heterocycles. The molecular formula is C25H26ClFN6O. The van der Waals surface area contributed by atoms with Gasteiger partial charge in [0.05, 0.1) is 10.7 Å². The largest absolute Gasteiger partial charge is 0.368 e. The first-order chi connectivity index (χ1) is 16.6. The highest BCUT2D eigenvalue weighted by Crippen LogP contribution is 2.27. The molecule has 0 saturated carbocycles. The molecule has 0 atom stereocenters. The predicted molar refractivity (Wildman–Crippen MR) is 130 cm³/mol. The highest BCUT2D eigenvalue weighted by atomic mass is 35.5. The Balaban J connectivity index is 1.12. The number of aromatic nitrogens is 3.